The maximum absolute atomic E-state index is 10.1. The fourth-order valence-electron chi connectivity index (χ4n) is 0.950. The van der Waals surface area contributed by atoms with E-state index in [2.05, 4.69) is 5.32 Å². The van der Waals surface area contributed by atoms with Gasteiger partial charge in [-0.1, -0.05) is 6.92 Å². The van der Waals surface area contributed by atoms with Gasteiger partial charge in [-0.3, -0.25) is 10.1 Å². The summed E-state index contributed by atoms with van der Waals surface area (Å²) in [6, 6.07) is 0. The predicted octanol–water partition coefficient (Wildman–Crippen LogP) is -0.578. The minimum atomic E-state index is -0.926. The molecule has 0 aromatic heterocycles. The lowest BCUT2D eigenvalue weighted by Gasteiger charge is -2.24. The average Bonchev–Trinajstić information content (AvgIpc) is 1.85. The maximum atomic E-state index is 10.1. The molecule has 0 fully saturated rings. The molecule has 0 radical (unpaired) electrons. The van der Waals surface area contributed by atoms with Gasteiger partial charge in [-0.15, -0.1) is 0 Å². The predicted molar refractivity (Wildman–Crippen MR) is 46.3 cm³/mol. The molecule has 0 aromatic rings. The summed E-state index contributed by atoms with van der Waals surface area (Å²) < 4.78 is 0. The number of carboxylic acids is 1. The van der Waals surface area contributed by atoms with Gasteiger partial charge in [0.05, 0.1) is 0 Å². The van der Waals surface area contributed by atoms with Crippen molar-refractivity contribution < 1.29 is 9.90 Å². The van der Waals surface area contributed by atoms with E-state index in [1.54, 1.807) is 0 Å². The number of hydrogen-bond donors (Lipinski definition) is 4. The van der Waals surface area contributed by atoms with E-state index >= 15 is 0 Å². The molecule has 72 valence electrons. The third-order valence-corrected chi connectivity index (χ3v) is 1.49. The summed E-state index contributed by atoms with van der Waals surface area (Å²) in [7, 11) is 0. The van der Waals surface area contributed by atoms with Crippen molar-refractivity contribution in [2.75, 3.05) is 6.54 Å². The second-order valence-corrected chi connectivity index (χ2v) is 2.82. The fraction of sp³-hybridized carbons (Fsp3) is 0.857. The van der Waals surface area contributed by atoms with Crippen LogP contribution >= 0.6 is 0 Å². The van der Waals surface area contributed by atoms with E-state index in [9.17, 15) is 4.79 Å². The van der Waals surface area contributed by atoms with Crippen molar-refractivity contribution in [1.82, 2.24) is 5.32 Å². The molecule has 0 aliphatic heterocycles. The molecular formula is C7H17N3O2. The second-order valence-electron chi connectivity index (χ2n) is 2.82. The van der Waals surface area contributed by atoms with Crippen molar-refractivity contribution in [2.45, 2.75) is 32.0 Å². The molecule has 0 aromatic carbocycles. The lowest BCUT2D eigenvalue weighted by Crippen LogP contribution is -2.61. The minimum Gasteiger partial charge on any atom is -0.481 e. The van der Waals surface area contributed by atoms with E-state index in [0.717, 1.165) is 0 Å². The van der Waals surface area contributed by atoms with Crippen molar-refractivity contribution in [3.8, 4) is 0 Å². The van der Waals surface area contributed by atoms with Gasteiger partial charge in [0, 0.05) is 6.42 Å². The third-order valence-electron chi connectivity index (χ3n) is 1.49. The van der Waals surface area contributed by atoms with Crippen LogP contribution in [0.25, 0.3) is 0 Å². The highest BCUT2D eigenvalue weighted by atomic mass is 16.4. The number of rotatable bonds is 6. The van der Waals surface area contributed by atoms with Crippen LogP contribution < -0.4 is 16.8 Å². The second kappa shape index (κ2) is 5.08. The lowest BCUT2D eigenvalue weighted by atomic mass is 10.1. The van der Waals surface area contributed by atoms with Gasteiger partial charge < -0.3 is 16.6 Å². The largest absolute Gasteiger partial charge is 0.481 e. The molecule has 5 nitrogen and oxygen atoms in total. The summed E-state index contributed by atoms with van der Waals surface area (Å²) in [6.07, 6.45) is 1.07. The first-order valence-electron chi connectivity index (χ1n) is 4.02. The monoisotopic (exact) mass is 175 g/mol. The van der Waals surface area contributed by atoms with Gasteiger partial charge in [0.1, 0.15) is 5.79 Å². The Morgan fingerprint density at radius 2 is 2.17 bits per heavy atom. The highest BCUT2D eigenvalue weighted by Crippen LogP contribution is 2.01. The molecule has 0 aliphatic rings. The van der Waals surface area contributed by atoms with E-state index < -0.39 is 11.8 Å². The van der Waals surface area contributed by atoms with Crippen molar-refractivity contribution in [3.63, 3.8) is 0 Å². The van der Waals surface area contributed by atoms with E-state index in [4.69, 9.17) is 16.6 Å². The lowest BCUT2D eigenvalue weighted by molar-refractivity contribution is -0.137. The number of carbonyl (C=O) groups is 1. The number of aliphatic carboxylic acids is 1. The number of carboxylic acid groups (broad SMARTS) is 1. The molecule has 0 spiro atoms. The van der Waals surface area contributed by atoms with Crippen LogP contribution in [0.4, 0.5) is 0 Å². The van der Waals surface area contributed by atoms with Gasteiger partial charge in [0.2, 0.25) is 0 Å². The number of hydrogen-bond acceptors (Lipinski definition) is 4. The van der Waals surface area contributed by atoms with E-state index in [0.29, 0.717) is 19.4 Å². The highest BCUT2D eigenvalue weighted by Gasteiger charge is 2.16. The Balaban J connectivity index is 3.53. The van der Waals surface area contributed by atoms with Gasteiger partial charge in [-0.05, 0) is 19.4 Å². The molecule has 0 atom stereocenters. The zero-order valence-corrected chi connectivity index (χ0v) is 7.34. The van der Waals surface area contributed by atoms with Gasteiger partial charge in [0.15, 0.2) is 0 Å². The first kappa shape index (κ1) is 11.4. The average molecular weight is 175 g/mol. The van der Waals surface area contributed by atoms with Crippen LogP contribution in [0, 0.1) is 0 Å². The van der Waals surface area contributed by atoms with E-state index in [-0.39, 0.29) is 6.42 Å². The quantitative estimate of drug-likeness (QED) is 0.405. The highest BCUT2D eigenvalue weighted by molar-refractivity contribution is 5.66. The molecule has 0 saturated heterocycles. The Labute approximate surface area is 72.1 Å². The molecule has 0 bridgehead atoms. The Kier molecular flexibility index (Phi) is 4.80. The van der Waals surface area contributed by atoms with Crippen LogP contribution in [0.5, 0.6) is 0 Å². The van der Waals surface area contributed by atoms with Crippen molar-refractivity contribution in [1.29, 1.82) is 0 Å². The minimum absolute atomic E-state index is 0.113. The molecule has 12 heavy (non-hydrogen) atoms. The van der Waals surface area contributed by atoms with E-state index in [1.807, 2.05) is 6.92 Å². The first-order valence-corrected chi connectivity index (χ1v) is 4.02. The third kappa shape index (κ3) is 6.09. The van der Waals surface area contributed by atoms with Crippen LogP contribution in [-0.4, -0.2) is 23.4 Å². The molecule has 0 aliphatic carbocycles. The molecular weight excluding hydrogens is 158 g/mol. The van der Waals surface area contributed by atoms with Crippen molar-refractivity contribution in [2.24, 2.45) is 11.5 Å². The molecule has 5 heteroatoms. The molecule has 0 rings (SSSR count). The van der Waals surface area contributed by atoms with Crippen LogP contribution in [0.1, 0.15) is 26.2 Å². The summed E-state index contributed by atoms with van der Waals surface area (Å²) in [6.45, 7) is 2.58. The Hall–Kier alpha value is -0.650. The van der Waals surface area contributed by atoms with Gasteiger partial charge in [0.25, 0.3) is 0 Å². The molecule has 6 N–H and O–H groups in total. The zero-order chi connectivity index (χ0) is 9.61. The summed E-state index contributed by atoms with van der Waals surface area (Å²) in [4.78, 5) is 10.1. The summed E-state index contributed by atoms with van der Waals surface area (Å²) in [5, 5.41) is 11.2. The summed E-state index contributed by atoms with van der Waals surface area (Å²) in [5.74, 6) is -1.74. The fourth-order valence-corrected chi connectivity index (χ4v) is 0.950. The van der Waals surface area contributed by atoms with Crippen LogP contribution in [0.3, 0.4) is 0 Å². The topological polar surface area (TPSA) is 101 Å². The molecule has 0 saturated carbocycles. The Morgan fingerprint density at radius 3 is 2.58 bits per heavy atom. The number of nitrogens with one attached hydrogen (secondary N) is 1. The van der Waals surface area contributed by atoms with Gasteiger partial charge in [-0.2, -0.15) is 0 Å². The van der Waals surface area contributed by atoms with Crippen LogP contribution in [0.2, 0.25) is 0 Å². The Morgan fingerprint density at radius 1 is 1.58 bits per heavy atom. The molecule has 0 unspecified atom stereocenters. The Bertz CT molecular complexity index is 148. The SMILES string of the molecule is CCNC(N)(N)CCCC(=O)O. The molecule has 0 heterocycles. The summed E-state index contributed by atoms with van der Waals surface area (Å²) >= 11 is 0. The normalized spacial score (nSPS) is 11.6. The zero-order valence-electron chi connectivity index (χ0n) is 7.34. The maximum Gasteiger partial charge on any atom is 0.303 e. The summed E-state index contributed by atoms with van der Waals surface area (Å²) in [5.41, 5.74) is 11.2. The van der Waals surface area contributed by atoms with Gasteiger partial charge in [-0.25, -0.2) is 0 Å². The number of nitrogens with two attached hydrogens (primary N) is 2. The van der Waals surface area contributed by atoms with E-state index in [1.165, 1.54) is 0 Å². The molecule has 0 amide bonds. The standard InChI is InChI=1S/C7H17N3O2/c1-2-10-7(8,9)5-3-4-6(11)12/h10H,2-5,8-9H2,1H3,(H,11,12). The van der Waals surface area contributed by atoms with Crippen LogP contribution in [-0.2, 0) is 4.79 Å². The van der Waals surface area contributed by atoms with Crippen molar-refractivity contribution in [3.05, 3.63) is 0 Å². The van der Waals surface area contributed by atoms with Gasteiger partial charge >= 0.3 is 5.97 Å². The van der Waals surface area contributed by atoms with Crippen molar-refractivity contribution >= 4 is 5.97 Å². The smallest absolute Gasteiger partial charge is 0.303 e. The van der Waals surface area contributed by atoms with Crippen LogP contribution in [0.15, 0.2) is 0 Å². The first-order chi connectivity index (χ1) is 5.48.